The van der Waals surface area contributed by atoms with Gasteiger partial charge in [0.15, 0.2) is 0 Å². The van der Waals surface area contributed by atoms with Crippen LogP contribution in [0.3, 0.4) is 0 Å². The molecule has 1 aliphatic rings. The molecule has 28 heavy (non-hydrogen) atoms. The van der Waals surface area contributed by atoms with Crippen LogP contribution in [-0.4, -0.2) is 46.2 Å². The number of benzene rings is 2. The van der Waals surface area contributed by atoms with E-state index in [0.29, 0.717) is 43.9 Å². The summed E-state index contributed by atoms with van der Waals surface area (Å²) in [7, 11) is 0. The van der Waals surface area contributed by atoms with Gasteiger partial charge in [0.05, 0.1) is 30.8 Å². The summed E-state index contributed by atoms with van der Waals surface area (Å²) < 4.78 is 8.03. The van der Waals surface area contributed by atoms with Crippen molar-refractivity contribution in [2.24, 2.45) is 0 Å². The van der Waals surface area contributed by atoms with Gasteiger partial charge >= 0.3 is 11.1 Å². The summed E-state index contributed by atoms with van der Waals surface area (Å²) in [5.41, 5.74) is 0.820. The fourth-order valence-corrected chi connectivity index (χ4v) is 3.50. The Morgan fingerprint density at radius 1 is 0.821 bits per heavy atom. The molecule has 7 heteroatoms. The Morgan fingerprint density at radius 2 is 1.39 bits per heavy atom. The summed E-state index contributed by atoms with van der Waals surface area (Å²) in [6, 6.07) is 16.7. The molecule has 0 spiro atoms. The number of morpholine rings is 1. The molecule has 0 atom stereocenters. The minimum Gasteiger partial charge on any atom is -0.378 e. The first-order valence-electron chi connectivity index (χ1n) is 9.27. The van der Waals surface area contributed by atoms with Gasteiger partial charge in [0.2, 0.25) is 5.91 Å². The first-order valence-corrected chi connectivity index (χ1v) is 9.27. The van der Waals surface area contributed by atoms with Gasteiger partial charge in [0, 0.05) is 13.1 Å². The summed E-state index contributed by atoms with van der Waals surface area (Å²) in [5, 5.41) is 0. The Kier molecular flexibility index (Phi) is 5.08. The quantitative estimate of drug-likeness (QED) is 0.636. The van der Waals surface area contributed by atoms with Gasteiger partial charge in [0.1, 0.15) is 6.54 Å². The fourth-order valence-electron chi connectivity index (χ4n) is 3.50. The Morgan fingerprint density at radius 3 is 2.07 bits per heavy atom. The third-order valence-corrected chi connectivity index (χ3v) is 4.98. The SMILES string of the molecule is O=C(Cn1c(=O)c(=O)n(Cc2ccccc2)c2ccccc21)N1CCOCC1. The summed E-state index contributed by atoms with van der Waals surface area (Å²) in [5.74, 6) is -0.184. The van der Waals surface area contributed by atoms with E-state index < -0.39 is 11.1 Å². The molecule has 1 aliphatic heterocycles. The lowest BCUT2D eigenvalue weighted by Gasteiger charge is -2.27. The van der Waals surface area contributed by atoms with Crippen LogP contribution in [0.1, 0.15) is 5.56 Å². The minimum absolute atomic E-state index is 0.152. The number of fused-ring (bicyclic) bond motifs is 1. The van der Waals surface area contributed by atoms with E-state index in [9.17, 15) is 14.4 Å². The number of carbonyl (C=O) groups excluding carboxylic acids is 1. The average Bonchev–Trinajstić information content (AvgIpc) is 2.75. The number of amides is 1. The van der Waals surface area contributed by atoms with Crippen molar-refractivity contribution < 1.29 is 9.53 Å². The highest BCUT2D eigenvalue weighted by Gasteiger charge is 2.20. The molecule has 0 saturated carbocycles. The molecule has 3 aromatic rings. The first-order chi connectivity index (χ1) is 13.6. The minimum atomic E-state index is -0.684. The highest BCUT2D eigenvalue weighted by molar-refractivity contribution is 5.80. The molecule has 1 amide bonds. The zero-order chi connectivity index (χ0) is 19.5. The highest BCUT2D eigenvalue weighted by atomic mass is 16.5. The van der Waals surface area contributed by atoms with Gasteiger partial charge in [-0.05, 0) is 17.7 Å². The van der Waals surface area contributed by atoms with Crippen LogP contribution in [0.25, 0.3) is 11.0 Å². The zero-order valence-corrected chi connectivity index (χ0v) is 15.4. The predicted molar refractivity (Wildman–Crippen MR) is 105 cm³/mol. The van der Waals surface area contributed by atoms with Crippen LogP contribution >= 0.6 is 0 Å². The van der Waals surface area contributed by atoms with Gasteiger partial charge in [-0.3, -0.25) is 23.5 Å². The topological polar surface area (TPSA) is 73.5 Å². The van der Waals surface area contributed by atoms with Crippen LogP contribution in [0.15, 0.2) is 64.2 Å². The third-order valence-electron chi connectivity index (χ3n) is 4.98. The second-order valence-corrected chi connectivity index (χ2v) is 6.75. The predicted octanol–water partition coefficient (Wildman–Crippen LogP) is 1.07. The molecule has 1 fully saturated rings. The fraction of sp³-hybridized carbons (Fsp3) is 0.286. The van der Waals surface area contributed by atoms with Crippen LogP contribution in [0.4, 0.5) is 0 Å². The summed E-state index contributed by atoms with van der Waals surface area (Å²) >= 11 is 0. The summed E-state index contributed by atoms with van der Waals surface area (Å²) in [6.45, 7) is 2.11. The summed E-state index contributed by atoms with van der Waals surface area (Å²) in [4.78, 5) is 40.0. The standard InChI is InChI=1S/C21H21N3O4/c25-19(22-10-12-28-13-11-22)15-24-18-9-5-4-8-17(18)23(20(26)21(24)27)14-16-6-2-1-3-7-16/h1-9H,10-15H2. The van der Waals surface area contributed by atoms with Gasteiger partial charge in [-0.25, -0.2) is 0 Å². The maximum Gasteiger partial charge on any atom is 0.317 e. The Balaban J connectivity index is 1.77. The van der Waals surface area contributed by atoms with E-state index in [1.54, 1.807) is 23.1 Å². The van der Waals surface area contributed by atoms with E-state index in [1.165, 1.54) is 9.13 Å². The molecule has 1 aromatic heterocycles. The van der Waals surface area contributed by atoms with Crippen LogP contribution in [0.2, 0.25) is 0 Å². The largest absolute Gasteiger partial charge is 0.378 e. The number of carbonyl (C=O) groups is 1. The van der Waals surface area contributed by atoms with Crippen molar-refractivity contribution in [3.05, 3.63) is 80.9 Å². The number of aromatic nitrogens is 2. The van der Waals surface area contributed by atoms with Crippen LogP contribution < -0.4 is 11.1 Å². The smallest absolute Gasteiger partial charge is 0.317 e. The van der Waals surface area contributed by atoms with Crippen LogP contribution in [0.5, 0.6) is 0 Å². The van der Waals surface area contributed by atoms with E-state index in [0.717, 1.165) is 5.56 Å². The number of nitrogens with zero attached hydrogens (tertiary/aromatic N) is 3. The van der Waals surface area contributed by atoms with Crippen LogP contribution in [0, 0.1) is 0 Å². The van der Waals surface area contributed by atoms with Crippen molar-refractivity contribution in [1.29, 1.82) is 0 Å². The van der Waals surface area contributed by atoms with E-state index >= 15 is 0 Å². The van der Waals surface area contributed by atoms with Crippen molar-refractivity contribution in [3.63, 3.8) is 0 Å². The van der Waals surface area contributed by atoms with Gasteiger partial charge in [0.25, 0.3) is 0 Å². The molecule has 0 bridgehead atoms. The first kappa shape index (κ1) is 18.2. The van der Waals surface area contributed by atoms with Crippen molar-refractivity contribution in [2.45, 2.75) is 13.1 Å². The number of rotatable bonds is 4. The molecule has 4 rings (SSSR count). The maximum absolute atomic E-state index is 12.9. The number of hydrogen-bond acceptors (Lipinski definition) is 4. The van der Waals surface area contributed by atoms with Gasteiger partial charge in [-0.2, -0.15) is 0 Å². The van der Waals surface area contributed by atoms with Gasteiger partial charge < -0.3 is 9.64 Å². The lowest BCUT2D eigenvalue weighted by Crippen LogP contribution is -2.47. The molecule has 0 radical (unpaired) electrons. The summed E-state index contributed by atoms with van der Waals surface area (Å²) in [6.07, 6.45) is 0. The molecular weight excluding hydrogens is 358 g/mol. The lowest BCUT2D eigenvalue weighted by atomic mass is 10.2. The molecule has 144 valence electrons. The van der Waals surface area contributed by atoms with Gasteiger partial charge in [-0.1, -0.05) is 42.5 Å². The third kappa shape index (κ3) is 3.48. The average molecular weight is 379 g/mol. The Hall–Kier alpha value is -3.19. The second kappa shape index (κ2) is 7.82. The van der Waals surface area contributed by atoms with E-state index in [4.69, 9.17) is 4.74 Å². The lowest BCUT2D eigenvalue weighted by molar-refractivity contribution is -0.135. The Bertz CT molecular complexity index is 1110. The molecule has 0 unspecified atom stereocenters. The molecule has 2 aromatic carbocycles. The van der Waals surface area contributed by atoms with Crippen molar-refractivity contribution in [1.82, 2.24) is 14.0 Å². The van der Waals surface area contributed by atoms with Crippen molar-refractivity contribution >= 4 is 16.9 Å². The van der Waals surface area contributed by atoms with E-state index in [-0.39, 0.29) is 12.5 Å². The molecule has 7 nitrogen and oxygen atoms in total. The van der Waals surface area contributed by atoms with Gasteiger partial charge in [-0.15, -0.1) is 0 Å². The number of para-hydroxylation sites is 2. The molecule has 0 aliphatic carbocycles. The second-order valence-electron chi connectivity index (χ2n) is 6.75. The normalized spacial score (nSPS) is 14.4. The van der Waals surface area contributed by atoms with Crippen molar-refractivity contribution in [3.8, 4) is 0 Å². The molecule has 0 N–H and O–H groups in total. The molecule has 2 heterocycles. The number of ether oxygens (including phenoxy) is 1. The van der Waals surface area contributed by atoms with E-state index in [2.05, 4.69) is 0 Å². The van der Waals surface area contributed by atoms with E-state index in [1.807, 2.05) is 36.4 Å². The molecule has 1 saturated heterocycles. The maximum atomic E-state index is 12.9. The van der Waals surface area contributed by atoms with Crippen LogP contribution in [-0.2, 0) is 22.6 Å². The molecular formula is C21H21N3O4. The number of hydrogen-bond donors (Lipinski definition) is 0. The zero-order valence-electron chi connectivity index (χ0n) is 15.4. The Labute approximate surface area is 161 Å². The highest BCUT2D eigenvalue weighted by Crippen LogP contribution is 2.13. The van der Waals surface area contributed by atoms with Crippen molar-refractivity contribution in [2.75, 3.05) is 26.3 Å². The monoisotopic (exact) mass is 379 g/mol.